The minimum absolute atomic E-state index is 0.0542. The molecular formula is C19H16Cl2N6O4S. The lowest BCUT2D eigenvalue weighted by molar-refractivity contribution is -0.384. The van der Waals surface area contributed by atoms with E-state index in [0.29, 0.717) is 27.3 Å². The number of anilines is 1. The zero-order valence-electron chi connectivity index (χ0n) is 16.5. The van der Waals surface area contributed by atoms with Gasteiger partial charge in [0, 0.05) is 30.4 Å². The monoisotopic (exact) mass is 494 g/mol. The molecule has 0 atom stereocenters. The zero-order chi connectivity index (χ0) is 23.3. The standard InChI is InChI=1S/C19H16Cl2N6O4S/c1-26-16(9-22-18(29)11-2-7-14(20)15(21)8-11)24-25-19(26)32-10-17(28)23-12-3-5-13(6-4-12)27(30)31/h2-8H,9-10H2,1H3,(H,22,29)(H,23,28). The fraction of sp³-hybridized carbons (Fsp3) is 0.158. The summed E-state index contributed by atoms with van der Waals surface area (Å²) in [6, 6.07) is 10.1. The van der Waals surface area contributed by atoms with E-state index in [-0.39, 0.29) is 34.8 Å². The first-order valence-electron chi connectivity index (χ1n) is 9.03. The lowest BCUT2D eigenvalue weighted by atomic mass is 10.2. The van der Waals surface area contributed by atoms with Crippen LogP contribution in [0.3, 0.4) is 0 Å². The van der Waals surface area contributed by atoms with Gasteiger partial charge in [-0.15, -0.1) is 10.2 Å². The van der Waals surface area contributed by atoms with Crippen LogP contribution in [0, 0.1) is 10.1 Å². The fourth-order valence-electron chi connectivity index (χ4n) is 2.52. The molecule has 0 unspecified atom stereocenters. The molecule has 0 aliphatic heterocycles. The van der Waals surface area contributed by atoms with Crippen molar-refractivity contribution in [1.29, 1.82) is 0 Å². The Morgan fingerprint density at radius 3 is 2.50 bits per heavy atom. The van der Waals surface area contributed by atoms with E-state index in [1.54, 1.807) is 17.7 Å². The van der Waals surface area contributed by atoms with E-state index in [9.17, 15) is 19.7 Å². The average Bonchev–Trinajstić information content (AvgIpc) is 3.12. The van der Waals surface area contributed by atoms with E-state index in [0.717, 1.165) is 11.8 Å². The van der Waals surface area contributed by atoms with Crippen molar-refractivity contribution in [3.63, 3.8) is 0 Å². The molecule has 32 heavy (non-hydrogen) atoms. The number of hydrogen-bond donors (Lipinski definition) is 2. The second-order valence-corrected chi connectivity index (χ2v) is 8.17. The molecule has 2 aromatic carbocycles. The van der Waals surface area contributed by atoms with Gasteiger partial charge in [-0.2, -0.15) is 0 Å². The molecule has 10 nitrogen and oxygen atoms in total. The molecule has 2 N–H and O–H groups in total. The number of benzene rings is 2. The largest absolute Gasteiger partial charge is 0.345 e. The summed E-state index contributed by atoms with van der Waals surface area (Å²) >= 11 is 13.0. The Balaban J connectivity index is 1.51. The van der Waals surface area contributed by atoms with Gasteiger partial charge in [-0.3, -0.25) is 19.7 Å². The maximum absolute atomic E-state index is 12.3. The highest BCUT2D eigenvalue weighted by molar-refractivity contribution is 7.99. The maximum Gasteiger partial charge on any atom is 0.269 e. The molecule has 2 amide bonds. The molecule has 0 bridgehead atoms. The Morgan fingerprint density at radius 1 is 1.12 bits per heavy atom. The lowest BCUT2D eigenvalue weighted by Crippen LogP contribution is -2.24. The quantitative estimate of drug-likeness (QED) is 0.277. The Morgan fingerprint density at radius 2 is 1.84 bits per heavy atom. The van der Waals surface area contributed by atoms with Crippen LogP contribution in [0.4, 0.5) is 11.4 Å². The van der Waals surface area contributed by atoms with Crippen LogP contribution >= 0.6 is 35.0 Å². The highest BCUT2D eigenvalue weighted by Gasteiger charge is 2.14. The van der Waals surface area contributed by atoms with Crippen molar-refractivity contribution in [1.82, 2.24) is 20.1 Å². The summed E-state index contributed by atoms with van der Waals surface area (Å²) in [5.74, 6) is -0.0975. The topological polar surface area (TPSA) is 132 Å². The van der Waals surface area contributed by atoms with E-state index in [1.807, 2.05) is 0 Å². The summed E-state index contributed by atoms with van der Waals surface area (Å²) in [6.45, 7) is 0.123. The smallest absolute Gasteiger partial charge is 0.269 e. The van der Waals surface area contributed by atoms with E-state index in [2.05, 4.69) is 20.8 Å². The van der Waals surface area contributed by atoms with Crippen LogP contribution < -0.4 is 10.6 Å². The fourth-order valence-corrected chi connectivity index (χ4v) is 3.55. The number of nitrogens with one attached hydrogen (secondary N) is 2. The second kappa shape index (κ2) is 10.4. The predicted octanol–water partition coefficient (Wildman–Crippen LogP) is 3.69. The van der Waals surface area contributed by atoms with Crippen LogP contribution in [0.25, 0.3) is 0 Å². The van der Waals surface area contributed by atoms with Crippen molar-refractivity contribution in [3.05, 3.63) is 74.0 Å². The Kier molecular flexibility index (Phi) is 7.67. The minimum Gasteiger partial charge on any atom is -0.345 e. The van der Waals surface area contributed by atoms with Crippen molar-refractivity contribution in [2.45, 2.75) is 11.7 Å². The first-order chi connectivity index (χ1) is 15.2. The molecule has 0 aliphatic rings. The van der Waals surface area contributed by atoms with Gasteiger partial charge in [0.15, 0.2) is 11.0 Å². The summed E-state index contributed by atoms with van der Waals surface area (Å²) in [5.41, 5.74) is 0.749. The predicted molar refractivity (Wildman–Crippen MR) is 121 cm³/mol. The second-order valence-electron chi connectivity index (χ2n) is 6.41. The van der Waals surface area contributed by atoms with Gasteiger partial charge in [0.25, 0.3) is 11.6 Å². The number of thioether (sulfide) groups is 1. The van der Waals surface area contributed by atoms with Gasteiger partial charge in [0.2, 0.25) is 5.91 Å². The molecule has 0 saturated heterocycles. The lowest BCUT2D eigenvalue weighted by Gasteiger charge is -2.07. The van der Waals surface area contributed by atoms with Crippen LogP contribution in [-0.4, -0.2) is 37.3 Å². The average molecular weight is 495 g/mol. The number of carbonyl (C=O) groups excluding carboxylic acids is 2. The third-order valence-electron chi connectivity index (χ3n) is 4.21. The summed E-state index contributed by atoms with van der Waals surface area (Å²) in [5, 5.41) is 25.3. The van der Waals surface area contributed by atoms with Crippen LogP contribution in [0.15, 0.2) is 47.6 Å². The number of nitro benzene ring substituents is 1. The molecular weight excluding hydrogens is 479 g/mol. The first-order valence-corrected chi connectivity index (χ1v) is 10.8. The van der Waals surface area contributed by atoms with E-state index >= 15 is 0 Å². The van der Waals surface area contributed by atoms with Crippen LogP contribution in [0.1, 0.15) is 16.2 Å². The van der Waals surface area contributed by atoms with E-state index < -0.39 is 4.92 Å². The number of non-ortho nitro benzene ring substituents is 1. The molecule has 166 valence electrons. The van der Waals surface area contributed by atoms with Gasteiger partial charge >= 0.3 is 0 Å². The Labute approximate surface area is 196 Å². The SMILES string of the molecule is Cn1c(CNC(=O)c2ccc(Cl)c(Cl)c2)nnc1SCC(=O)Nc1ccc([N+](=O)[O-])cc1. The summed E-state index contributed by atoms with van der Waals surface area (Å²) in [4.78, 5) is 34.6. The van der Waals surface area contributed by atoms with E-state index in [1.165, 1.54) is 36.4 Å². The van der Waals surface area contributed by atoms with Crippen molar-refractivity contribution in [2.24, 2.45) is 7.05 Å². The van der Waals surface area contributed by atoms with Gasteiger partial charge in [0.05, 0.1) is 27.3 Å². The number of rotatable bonds is 8. The number of nitrogens with zero attached hydrogens (tertiary/aromatic N) is 4. The molecule has 1 heterocycles. The summed E-state index contributed by atoms with van der Waals surface area (Å²) in [6.07, 6.45) is 0. The number of amides is 2. The van der Waals surface area contributed by atoms with Gasteiger partial charge in [0.1, 0.15) is 0 Å². The first kappa shape index (κ1) is 23.5. The number of halogens is 2. The maximum atomic E-state index is 12.3. The van der Waals surface area contributed by atoms with Crippen molar-refractivity contribution >= 4 is 58.2 Å². The molecule has 0 radical (unpaired) electrons. The number of aromatic nitrogens is 3. The van der Waals surface area contributed by atoms with Crippen molar-refractivity contribution in [2.75, 3.05) is 11.1 Å². The molecule has 0 spiro atoms. The number of nitro groups is 1. The van der Waals surface area contributed by atoms with Crippen molar-refractivity contribution in [3.8, 4) is 0 Å². The molecule has 0 fully saturated rings. The molecule has 3 aromatic rings. The van der Waals surface area contributed by atoms with Gasteiger partial charge in [-0.1, -0.05) is 35.0 Å². The molecule has 1 aromatic heterocycles. The number of carbonyl (C=O) groups is 2. The highest BCUT2D eigenvalue weighted by Crippen LogP contribution is 2.23. The van der Waals surface area contributed by atoms with Crippen LogP contribution in [0.5, 0.6) is 0 Å². The van der Waals surface area contributed by atoms with Gasteiger partial charge in [-0.05, 0) is 30.3 Å². The van der Waals surface area contributed by atoms with Gasteiger partial charge in [-0.25, -0.2) is 0 Å². The third-order valence-corrected chi connectivity index (χ3v) is 5.97. The van der Waals surface area contributed by atoms with Gasteiger partial charge < -0.3 is 15.2 Å². The Hall–Kier alpha value is -3.15. The molecule has 0 aliphatic carbocycles. The van der Waals surface area contributed by atoms with E-state index in [4.69, 9.17) is 23.2 Å². The van der Waals surface area contributed by atoms with Crippen LogP contribution in [-0.2, 0) is 18.4 Å². The zero-order valence-corrected chi connectivity index (χ0v) is 18.9. The molecule has 13 heteroatoms. The highest BCUT2D eigenvalue weighted by atomic mass is 35.5. The summed E-state index contributed by atoms with van der Waals surface area (Å²) in [7, 11) is 1.72. The van der Waals surface area contributed by atoms with Crippen molar-refractivity contribution < 1.29 is 14.5 Å². The molecule has 0 saturated carbocycles. The molecule has 3 rings (SSSR count). The Bertz CT molecular complexity index is 1170. The third kappa shape index (κ3) is 5.96. The number of hydrogen-bond acceptors (Lipinski definition) is 7. The normalized spacial score (nSPS) is 10.6. The van der Waals surface area contributed by atoms with Crippen LogP contribution in [0.2, 0.25) is 10.0 Å². The minimum atomic E-state index is -0.514. The summed E-state index contributed by atoms with van der Waals surface area (Å²) < 4.78 is 1.67.